The Morgan fingerprint density at radius 3 is 1.64 bits per heavy atom. The molecule has 2 bridgehead atoms. The number of hydrogen-bond acceptors (Lipinski definition) is 4. The molecule has 4 unspecified atom stereocenters. The monoisotopic (exact) mass is 204 g/mol. The van der Waals surface area contributed by atoms with Crippen molar-refractivity contribution in [3.63, 3.8) is 0 Å². The van der Waals surface area contributed by atoms with E-state index >= 15 is 0 Å². The summed E-state index contributed by atoms with van der Waals surface area (Å²) in [6.45, 7) is 0. The predicted molar refractivity (Wildman–Crippen MR) is 43.5 cm³/mol. The van der Waals surface area contributed by atoms with E-state index in [0.29, 0.717) is 6.42 Å². The molecule has 0 aliphatic heterocycles. The van der Waals surface area contributed by atoms with E-state index in [1.165, 1.54) is 0 Å². The molecule has 14 heavy (non-hydrogen) atoms. The quantitative estimate of drug-likeness (QED) is 0.369. The van der Waals surface area contributed by atoms with Gasteiger partial charge in [0.15, 0.2) is 0 Å². The van der Waals surface area contributed by atoms with Gasteiger partial charge in [-0.05, 0) is 18.3 Å². The van der Waals surface area contributed by atoms with E-state index in [1.54, 1.807) is 12.2 Å². The summed E-state index contributed by atoms with van der Waals surface area (Å²) in [5.41, 5.74) is 0. The van der Waals surface area contributed by atoms with Crippen LogP contribution >= 0.6 is 0 Å². The molecule has 2 aliphatic carbocycles. The second-order valence-corrected chi connectivity index (χ2v) is 3.64. The van der Waals surface area contributed by atoms with Crippen LogP contribution in [0.25, 0.3) is 0 Å². The second kappa shape index (κ2) is 3.90. The fourth-order valence-corrected chi connectivity index (χ4v) is 2.46. The third-order valence-electron chi connectivity index (χ3n) is 3.00. The first-order valence-corrected chi connectivity index (χ1v) is 4.21. The number of carbonyl (C=O) groups excluding carboxylic acids is 2. The topological polar surface area (TPSA) is 80.3 Å². The minimum absolute atomic E-state index is 0. The molecule has 0 heterocycles. The standard InChI is InChI=1S/C9H10O4.Mg/c10-8(11)6-4-1-2-5(3-4)7(6)9(12)13;/h1-2,4-7H,3H2,(H,10,11)(H,12,13);/q;+2/p-2. The smallest absolute Gasteiger partial charge is 0.550 e. The Morgan fingerprint density at radius 1 is 1.00 bits per heavy atom. The van der Waals surface area contributed by atoms with Crippen LogP contribution in [-0.2, 0) is 9.59 Å². The Balaban J connectivity index is 0.000000980. The second-order valence-electron chi connectivity index (χ2n) is 3.64. The van der Waals surface area contributed by atoms with Gasteiger partial charge in [0.1, 0.15) is 0 Å². The van der Waals surface area contributed by atoms with Crippen molar-refractivity contribution in [1.29, 1.82) is 0 Å². The van der Waals surface area contributed by atoms with Gasteiger partial charge in [-0.15, -0.1) is 0 Å². The van der Waals surface area contributed by atoms with Crippen LogP contribution in [0.5, 0.6) is 0 Å². The van der Waals surface area contributed by atoms with E-state index < -0.39 is 23.8 Å². The number of carbonyl (C=O) groups is 2. The van der Waals surface area contributed by atoms with Gasteiger partial charge in [0.25, 0.3) is 0 Å². The minimum Gasteiger partial charge on any atom is -0.550 e. The number of allylic oxidation sites excluding steroid dienone is 2. The summed E-state index contributed by atoms with van der Waals surface area (Å²) in [6, 6.07) is 0. The van der Waals surface area contributed by atoms with Crippen molar-refractivity contribution in [3.05, 3.63) is 12.2 Å². The zero-order chi connectivity index (χ0) is 9.59. The molecule has 0 spiro atoms. The summed E-state index contributed by atoms with van der Waals surface area (Å²) in [4.78, 5) is 21.3. The van der Waals surface area contributed by atoms with Crippen molar-refractivity contribution in [2.45, 2.75) is 6.42 Å². The Kier molecular flexibility index (Phi) is 3.21. The van der Waals surface area contributed by atoms with Crippen LogP contribution in [0.15, 0.2) is 12.2 Å². The average molecular weight is 204 g/mol. The van der Waals surface area contributed by atoms with E-state index in [-0.39, 0.29) is 34.9 Å². The van der Waals surface area contributed by atoms with Crippen LogP contribution in [0.4, 0.5) is 0 Å². The van der Waals surface area contributed by atoms with Crippen molar-refractivity contribution >= 4 is 35.0 Å². The number of aliphatic carboxylic acids is 2. The molecule has 0 N–H and O–H groups in total. The molecular formula is C9H8MgO4. The molecule has 2 aliphatic rings. The van der Waals surface area contributed by atoms with Crippen LogP contribution in [0.2, 0.25) is 0 Å². The zero-order valence-corrected chi connectivity index (χ0v) is 8.93. The Morgan fingerprint density at radius 2 is 1.36 bits per heavy atom. The van der Waals surface area contributed by atoms with Crippen molar-refractivity contribution in [3.8, 4) is 0 Å². The van der Waals surface area contributed by atoms with E-state index in [4.69, 9.17) is 0 Å². The number of rotatable bonds is 2. The zero-order valence-electron chi connectivity index (χ0n) is 7.51. The molecule has 0 aromatic carbocycles. The molecule has 1 saturated carbocycles. The molecule has 0 amide bonds. The Bertz CT molecular complexity index is 271. The molecule has 70 valence electrons. The summed E-state index contributed by atoms with van der Waals surface area (Å²) < 4.78 is 0. The molecular weight excluding hydrogens is 196 g/mol. The Labute approximate surface area is 97.1 Å². The summed E-state index contributed by atoms with van der Waals surface area (Å²) in [6.07, 6.45) is 4.15. The molecule has 0 saturated heterocycles. The molecule has 0 aromatic rings. The van der Waals surface area contributed by atoms with Crippen molar-refractivity contribution in [1.82, 2.24) is 0 Å². The van der Waals surface area contributed by atoms with Crippen LogP contribution in [0.1, 0.15) is 6.42 Å². The third kappa shape index (κ3) is 1.54. The molecule has 5 heteroatoms. The summed E-state index contributed by atoms with van der Waals surface area (Å²) >= 11 is 0. The number of carboxylic acids is 2. The predicted octanol–water partition coefficient (Wildman–Crippen LogP) is -2.46. The normalized spacial score (nSPS) is 38.0. The molecule has 0 aromatic heterocycles. The molecule has 0 radical (unpaired) electrons. The maximum Gasteiger partial charge on any atom is 2.00 e. The van der Waals surface area contributed by atoms with Gasteiger partial charge in [0.2, 0.25) is 0 Å². The summed E-state index contributed by atoms with van der Waals surface area (Å²) in [5.74, 6) is -4.66. The Hall–Kier alpha value is -0.554. The first-order valence-electron chi connectivity index (χ1n) is 4.21. The number of carboxylic acid groups (broad SMARTS) is 2. The largest absolute Gasteiger partial charge is 2.00 e. The van der Waals surface area contributed by atoms with E-state index in [0.717, 1.165) is 0 Å². The summed E-state index contributed by atoms with van der Waals surface area (Å²) in [7, 11) is 0. The van der Waals surface area contributed by atoms with Gasteiger partial charge in [0, 0.05) is 23.8 Å². The van der Waals surface area contributed by atoms with E-state index in [1.807, 2.05) is 0 Å². The number of hydrogen-bond donors (Lipinski definition) is 0. The molecule has 4 nitrogen and oxygen atoms in total. The molecule has 4 atom stereocenters. The maximum atomic E-state index is 10.7. The van der Waals surface area contributed by atoms with Crippen LogP contribution in [0, 0.1) is 23.7 Å². The minimum atomic E-state index is -1.27. The van der Waals surface area contributed by atoms with Crippen molar-refractivity contribution < 1.29 is 19.8 Å². The van der Waals surface area contributed by atoms with Crippen molar-refractivity contribution in [2.24, 2.45) is 23.7 Å². The van der Waals surface area contributed by atoms with Crippen LogP contribution in [0.3, 0.4) is 0 Å². The third-order valence-corrected chi connectivity index (χ3v) is 3.00. The number of fused-ring (bicyclic) bond motifs is 2. The summed E-state index contributed by atoms with van der Waals surface area (Å²) in [5, 5.41) is 21.3. The SMILES string of the molecule is O=C([O-])C1C2C=CC(C2)C1C(=O)[O-].[Mg+2]. The molecule has 1 fully saturated rings. The van der Waals surface area contributed by atoms with Gasteiger partial charge in [-0.3, -0.25) is 0 Å². The van der Waals surface area contributed by atoms with Crippen LogP contribution < -0.4 is 10.2 Å². The molecule has 2 rings (SSSR count). The van der Waals surface area contributed by atoms with Crippen LogP contribution in [-0.4, -0.2) is 35.0 Å². The van der Waals surface area contributed by atoms with E-state index in [9.17, 15) is 19.8 Å². The van der Waals surface area contributed by atoms with Gasteiger partial charge >= 0.3 is 23.1 Å². The van der Waals surface area contributed by atoms with Gasteiger partial charge in [0.05, 0.1) is 0 Å². The fraction of sp³-hybridized carbons (Fsp3) is 0.556. The van der Waals surface area contributed by atoms with Gasteiger partial charge in [-0.1, -0.05) is 12.2 Å². The first kappa shape index (κ1) is 11.5. The van der Waals surface area contributed by atoms with E-state index in [2.05, 4.69) is 0 Å². The fourth-order valence-electron chi connectivity index (χ4n) is 2.46. The van der Waals surface area contributed by atoms with Crippen molar-refractivity contribution in [2.75, 3.05) is 0 Å². The first-order chi connectivity index (χ1) is 6.11. The average Bonchev–Trinajstić information content (AvgIpc) is 2.60. The van der Waals surface area contributed by atoms with Gasteiger partial charge < -0.3 is 19.8 Å². The van der Waals surface area contributed by atoms with Gasteiger partial charge in [-0.25, -0.2) is 0 Å². The van der Waals surface area contributed by atoms with Gasteiger partial charge in [-0.2, -0.15) is 0 Å². The maximum absolute atomic E-state index is 10.7.